The summed E-state index contributed by atoms with van der Waals surface area (Å²) >= 11 is 0. The summed E-state index contributed by atoms with van der Waals surface area (Å²) in [4.78, 5) is 13.0. The van der Waals surface area contributed by atoms with Gasteiger partial charge in [-0.15, -0.1) is 13.2 Å². The zero-order valence-electron chi connectivity index (χ0n) is 8.13. The van der Waals surface area contributed by atoms with E-state index >= 15 is 0 Å². The van der Waals surface area contributed by atoms with Gasteiger partial charge in [-0.25, -0.2) is 22.9 Å². The van der Waals surface area contributed by atoms with E-state index in [4.69, 9.17) is 5.11 Å². The molecular weight excluding hydrogens is 272 g/mol. The normalized spacial score (nSPS) is 11.7. The van der Waals surface area contributed by atoms with E-state index in [-0.39, 0.29) is 6.07 Å². The highest BCUT2D eigenvalue weighted by Gasteiger charge is 2.34. The maximum absolute atomic E-state index is 13.0. The van der Waals surface area contributed by atoms with Crippen molar-refractivity contribution in [3.63, 3.8) is 0 Å². The second kappa shape index (κ2) is 4.70. The number of aromatic nitrogens is 1. The average molecular weight is 275 g/mol. The number of aromatic carboxylic acids is 1. The van der Waals surface area contributed by atoms with E-state index in [0.717, 1.165) is 0 Å². The predicted octanol–water partition coefficient (Wildman–Crippen LogP) is 2.76. The summed E-state index contributed by atoms with van der Waals surface area (Å²) in [6.45, 7) is 0. The highest BCUT2D eigenvalue weighted by molar-refractivity contribution is 5.89. The molecule has 0 unspecified atom stereocenters. The lowest BCUT2D eigenvalue weighted by molar-refractivity contribution is -0.277. The van der Waals surface area contributed by atoms with E-state index in [1.54, 1.807) is 0 Å². The first-order valence-corrected chi connectivity index (χ1v) is 4.09. The van der Waals surface area contributed by atoms with Gasteiger partial charge in [0.15, 0.2) is 5.82 Å². The third-order valence-electron chi connectivity index (χ3n) is 1.62. The molecule has 0 aromatic carbocycles. The van der Waals surface area contributed by atoms with Crippen molar-refractivity contribution < 1.29 is 41.0 Å². The van der Waals surface area contributed by atoms with Crippen LogP contribution in [0.4, 0.5) is 26.3 Å². The van der Waals surface area contributed by atoms with Gasteiger partial charge in [-0.2, -0.15) is 0 Å². The molecule has 1 rings (SSSR count). The molecule has 0 radical (unpaired) electrons. The number of ether oxygens (including phenoxy) is 1. The summed E-state index contributed by atoms with van der Waals surface area (Å²) in [5.74, 6) is -5.52. The van der Waals surface area contributed by atoms with E-state index in [9.17, 15) is 31.1 Å². The first-order chi connectivity index (χ1) is 8.11. The Labute approximate surface area is 94.8 Å². The van der Waals surface area contributed by atoms with E-state index in [1.165, 1.54) is 0 Å². The fraction of sp³-hybridized carbons (Fsp3) is 0.250. The van der Waals surface area contributed by atoms with Gasteiger partial charge in [0.2, 0.25) is 0 Å². The molecule has 18 heavy (non-hydrogen) atoms. The smallest absolute Gasteiger partial charge is 0.478 e. The number of hydrogen-bond donors (Lipinski definition) is 1. The molecule has 0 saturated carbocycles. The largest absolute Gasteiger partial charge is 0.574 e. The quantitative estimate of drug-likeness (QED) is 0.862. The van der Waals surface area contributed by atoms with Crippen LogP contribution in [-0.2, 0) is 0 Å². The summed E-state index contributed by atoms with van der Waals surface area (Å²) < 4.78 is 76.1. The van der Waals surface area contributed by atoms with Crippen molar-refractivity contribution >= 4 is 5.97 Å². The molecule has 1 N–H and O–H groups in total. The number of alkyl halides is 5. The second-order valence-corrected chi connectivity index (χ2v) is 2.86. The minimum absolute atomic E-state index is 0.0160. The number of carboxylic acids is 1. The van der Waals surface area contributed by atoms with Crippen molar-refractivity contribution in [2.24, 2.45) is 0 Å². The lowest BCUT2D eigenvalue weighted by Crippen LogP contribution is -2.20. The monoisotopic (exact) mass is 275 g/mol. The van der Waals surface area contributed by atoms with Crippen LogP contribution < -0.4 is 4.74 Å². The molecule has 1 aromatic rings. The van der Waals surface area contributed by atoms with Gasteiger partial charge in [0.05, 0.1) is 5.56 Å². The van der Waals surface area contributed by atoms with Gasteiger partial charge in [-0.3, -0.25) is 0 Å². The van der Waals surface area contributed by atoms with Crippen LogP contribution >= 0.6 is 0 Å². The molecule has 0 spiro atoms. The average Bonchev–Trinajstić information content (AvgIpc) is 2.17. The third-order valence-corrected chi connectivity index (χ3v) is 1.62. The van der Waals surface area contributed by atoms with Crippen molar-refractivity contribution in [2.75, 3.05) is 0 Å². The van der Waals surface area contributed by atoms with Crippen LogP contribution in [0.5, 0.6) is 5.88 Å². The third kappa shape index (κ3) is 3.25. The molecule has 0 fully saturated rings. The SMILES string of the molecule is O=C(O)c1cc(F)c(OC(F)(F)F)nc1C(F)F. The molecular formula is C8H3F6NO3. The van der Waals surface area contributed by atoms with Crippen molar-refractivity contribution in [1.82, 2.24) is 4.98 Å². The highest BCUT2D eigenvalue weighted by atomic mass is 19.4. The van der Waals surface area contributed by atoms with E-state index in [1.807, 2.05) is 0 Å². The van der Waals surface area contributed by atoms with Crippen molar-refractivity contribution in [3.05, 3.63) is 23.1 Å². The number of rotatable bonds is 3. The summed E-state index contributed by atoms with van der Waals surface area (Å²) in [6, 6.07) is -0.0160. The maximum atomic E-state index is 13.0. The zero-order chi connectivity index (χ0) is 14.1. The number of nitrogens with zero attached hydrogens (tertiary/aromatic N) is 1. The first kappa shape index (κ1) is 14.1. The molecule has 0 aliphatic carbocycles. The lowest BCUT2D eigenvalue weighted by atomic mass is 10.2. The summed E-state index contributed by atoms with van der Waals surface area (Å²) in [7, 11) is 0. The van der Waals surface area contributed by atoms with Gasteiger partial charge in [0.1, 0.15) is 5.69 Å². The highest BCUT2D eigenvalue weighted by Crippen LogP contribution is 2.29. The molecule has 1 aromatic heterocycles. The molecule has 0 atom stereocenters. The summed E-state index contributed by atoms with van der Waals surface area (Å²) in [6.07, 6.45) is -8.83. The van der Waals surface area contributed by atoms with Crippen LogP contribution in [0.25, 0.3) is 0 Å². The van der Waals surface area contributed by atoms with Gasteiger partial charge in [0, 0.05) is 0 Å². The van der Waals surface area contributed by atoms with E-state index in [2.05, 4.69) is 9.72 Å². The number of hydrogen-bond acceptors (Lipinski definition) is 3. The molecule has 0 aliphatic rings. The summed E-state index contributed by atoms with van der Waals surface area (Å²) in [5, 5.41) is 8.46. The number of carbonyl (C=O) groups is 1. The Morgan fingerprint density at radius 3 is 2.33 bits per heavy atom. The topological polar surface area (TPSA) is 59.4 Å². The molecule has 0 saturated heterocycles. The fourth-order valence-corrected chi connectivity index (χ4v) is 1.00. The van der Waals surface area contributed by atoms with Crippen LogP contribution in [0.15, 0.2) is 6.07 Å². The van der Waals surface area contributed by atoms with Gasteiger partial charge >= 0.3 is 12.3 Å². The van der Waals surface area contributed by atoms with Crippen molar-refractivity contribution in [2.45, 2.75) is 12.8 Å². The fourth-order valence-electron chi connectivity index (χ4n) is 1.00. The van der Waals surface area contributed by atoms with Crippen molar-refractivity contribution in [1.29, 1.82) is 0 Å². The Bertz CT molecular complexity index is 473. The Balaban J connectivity index is 3.32. The minimum atomic E-state index is -5.34. The number of halogens is 6. The molecule has 0 aliphatic heterocycles. The number of carboxylic acid groups (broad SMARTS) is 1. The maximum Gasteiger partial charge on any atom is 0.574 e. The Morgan fingerprint density at radius 2 is 1.94 bits per heavy atom. The van der Waals surface area contributed by atoms with Gasteiger partial charge in [0.25, 0.3) is 12.3 Å². The minimum Gasteiger partial charge on any atom is -0.478 e. The van der Waals surface area contributed by atoms with Crippen LogP contribution in [0.1, 0.15) is 22.5 Å². The molecule has 100 valence electrons. The van der Waals surface area contributed by atoms with E-state index < -0.39 is 41.7 Å². The zero-order valence-corrected chi connectivity index (χ0v) is 8.13. The van der Waals surface area contributed by atoms with Gasteiger partial charge in [-0.05, 0) is 6.07 Å². The Morgan fingerprint density at radius 1 is 1.39 bits per heavy atom. The molecule has 0 amide bonds. The standard InChI is InChI=1S/C8H3F6NO3/c9-3-1-2(7(16)17)4(5(10)11)15-6(3)18-8(12,13)14/h1,5H,(H,16,17). The Hall–Kier alpha value is -2.00. The predicted molar refractivity (Wildman–Crippen MR) is 42.8 cm³/mol. The van der Waals surface area contributed by atoms with Gasteiger partial charge < -0.3 is 9.84 Å². The molecule has 1 heterocycles. The number of pyridine rings is 1. The van der Waals surface area contributed by atoms with Gasteiger partial charge in [-0.1, -0.05) is 0 Å². The Kier molecular flexibility index (Phi) is 3.67. The van der Waals surface area contributed by atoms with Crippen LogP contribution in [0.2, 0.25) is 0 Å². The van der Waals surface area contributed by atoms with Crippen molar-refractivity contribution in [3.8, 4) is 5.88 Å². The van der Waals surface area contributed by atoms with Crippen LogP contribution in [0, 0.1) is 5.82 Å². The first-order valence-electron chi connectivity index (χ1n) is 4.09. The lowest BCUT2D eigenvalue weighted by Gasteiger charge is -2.11. The molecule has 10 heteroatoms. The van der Waals surface area contributed by atoms with Crippen LogP contribution in [-0.4, -0.2) is 22.4 Å². The van der Waals surface area contributed by atoms with Crippen LogP contribution in [0.3, 0.4) is 0 Å². The summed E-state index contributed by atoms with van der Waals surface area (Å²) in [5.41, 5.74) is -2.75. The molecule has 0 bridgehead atoms. The molecule has 4 nitrogen and oxygen atoms in total. The second-order valence-electron chi connectivity index (χ2n) is 2.86. The van der Waals surface area contributed by atoms with E-state index in [0.29, 0.717) is 0 Å².